The van der Waals surface area contributed by atoms with E-state index in [0.29, 0.717) is 17.7 Å². The van der Waals surface area contributed by atoms with Crippen LogP contribution in [0.3, 0.4) is 0 Å². The summed E-state index contributed by atoms with van der Waals surface area (Å²) >= 11 is 0. The highest BCUT2D eigenvalue weighted by Crippen LogP contribution is 2.28. The van der Waals surface area contributed by atoms with Gasteiger partial charge >= 0.3 is 0 Å². The monoisotopic (exact) mass is 428 g/mol. The van der Waals surface area contributed by atoms with Crippen LogP contribution >= 0.6 is 0 Å². The zero-order valence-corrected chi connectivity index (χ0v) is 18.7. The van der Waals surface area contributed by atoms with Crippen LogP contribution in [-0.2, 0) is 0 Å². The fraction of sp³-hybridized carbons (Fsp3) is 0.100. The van der Waals surface area contributed by atoms with Gasteiger partial charge in [-0.3, -0.25) is 0 Å². The number of benzene rings is 4. The van der Waals surface area contributed by atoms with E-state index in [1.54, 1.807) is 12.1 Å². The Morgan fingerprint density at radius 3 is 1.42 bits per heavy atom. The Balaban J connectivity index is 1.46. The van der Waals surface area contributed by atoms with Gasteiger partial charge in [-0.25, -0.2) is 15.0 Å². The van der Waals surface area contributed by atoms with Crippen LogP contribution in [0.15, 0.2) is 109 Å². The summed E-state index contributed by atoms with van der Waals surface area (Å²) in [6.07, 6.45) is 0. The van der Waals surface area contributed by atoms with Crippen LogP contribution in [0.2, 0.25) is 0 Å². The van der Waals surface area contributed by atoms with Gasteiger partial charge in [-0.1, -0.05) is 123 Å². The highest BCUT2D eigenvalue weighted by atomic mass is 15.0. The predicted octanol–water partition coefficient (Wildman–Crippen LogP) is 7.66. The highest BCUT2D eigenvalue weighted by molar-refractivity contribution is 5.72. The molecule has 1 aromatic heterocycles. The van der Waals surface area contributed by atoms with Crippen molar-refractivity contribution in [3.05, 3.63) is 115 Å². The van der Waals surface area contributed by atoms with Gasteiger partial charge in [0.25, 0.3) is 0 Å². The lowest BCUT2D eigenvalue weighted by Crippen LogP contribution is -2.04. The lowest BCUT2D eigenvalue weighted by Gasteiger charge is -2.10. The summed E-state index contributed by atoms with van der Waals surface area (Å²) in [6, 6.07) is 35.1. The van der Waals surface area contributed by atoms with Gasteiger partial charge in [-0.2, -0.15) is 0 Å². The standard InChI is InChI=1S/C30H25N3/c1-21(2)28-31-29(26-11-7-4-8-12-26)33-30(32-28)27-19-17-25(18-20-27)24-15-13-23(14-16-24)22-9-5-3-6-10-22/h3-21H,1-2H3/i7D. The second-order valence-electron chi connectivity index (χ2n) is 8.31. The summed E-state index contributed by atoms with van der Waals surface area (Å²) in [5.74, 6) is 2.16. The van der Waals surface area contributed by atoms with Gasteiger partial charge in [-0.05, 0) is 22.3 Å². The smallest absolute Gasteiger partial charge is 0.163 e. The maximum atomic E-state index is 7.94. The molecule has 160 valence electrons. The van der Waals surface area contributed by atoms with Crippen LogP contribution in [0.4, 0.5) is 0 Å². The summed E-state index contributed by atoms with van der Waals surface area (Å²) in [6.45, 7) is 4.15. The fourth-order valence-corrected chi connectivity index (χ4v) is 3.74. The van der Waals surface area contributed by atoms with Crippen LogP contribution in [0.25, 0.3) is 45.0 Å². The molecule has 0 saturated heterocycles. The summed E-state index contributed by atoms with van der Waals surface area (Å²) in [5.41, 5.74) is 6.50. The largest absolute Gasteiger partial charge is 0.213 e. The molecule has 0 amide bonds. The first kappa shape index (κ1) is 19.6. The molecule has 0 aliphatic carbocycles. The Kier molecular flexibility index (Phi) is 5.44. The number of rotatable bonds is 5. The molecule has 0 atom stereocenters. The van der Waals surface area contributed by atoms with E-state index in [1.807, 2.05) is 18.2 Å². The van der Waals surface area contributed by atoms with Gasteiger partial charge in [0.2, 0.25) is 0 Å². The number of hydrogen-bond donors (Lipinski definition) is 0. The molecule has 1 heterocycles. The third-order valence-corrected chi connectivity index (χ3v) is 5.60. The Bertz CT molecular complexity index is 1410. The van der Waals surface area contributed by atoms with E-state index in [1.165, 1.54) is 11.1 Å². The van der Waals surface area contributed by atoms with Crippen LogP contribution < -0.4 is 0 Å². The van der Waals surface area contributed by atoms with Crippen molar-refractivity contribution in [1.29, 1.82) is 0 Å². The molecule has 3 heteroatoms. The first-order chi connectivity index (χ1) is 16.6. The predicted molar refractivity (Wildman–Crippen MR) is 136 cm³/mol. The Morgan fingerprint density at radius 2 is 0.909 bits per heavy atom. The van der Waals surface area contributed by atoms with Crippen molar-refractivity contribution in [2.24, 2.45) is 0 Å². The minimum absolute atomic E-state index is 0.169. The van der Waals surface area contributed by atoms with E-state index in [-0.39, 0.29) is 5.92 Å². The Labute approximate surface area is 196 Å². The molecule has 0 fully saturated rings. The minimum Gasteiger partial charge on any atom is -0.213 e. The molecule has 3 nitrogen and oxygen atoms in total. The van der Waals surface area contributed by atoms with E-state index in [2.05, 4.69) is 91.6 Å². The van der Waals surface area contributed by atoms with Crippen molar-refractivity contribution in [2.75, 3.05) is 0 Å². The second kappa shape index (κ2) is 9.17. The fourth-order valence-electron chi connectivity index (χ4n) is 3.74. The quantitative estimate of drug-likeness (QED) is 0.288. The molecule has 5 rings (SSSR count). The summed E-state index contributed by atoms with van der Waals surface area (Å²) < 4.78 is 7.94. The number of aromatic nitrogens is 3. The second-order valence-corrected chi connectivity index (χ2v) is 8.31. The molecule has 4 aromatic carbocycles. The highest BCUT2D eigenvalue weighted by Gasteiger charge is 2.13. The SMILES string of the molecule is [2H]c1cccc(-c2nc(-c3ccc(-c4ccc(-c5ccccc5)cc4)cc3)nc(C(C)C)n2)c1. The lowest BCUT2D eigenvalue weighted by atomic mass is 9.99. The summed E-state index contributed by atoms with van der Waals surface area (Å²) in [4.78, 5) is 14.1. The summed E-state index contributed by atoms with van der Waals surface area (Å²) in [5, 5.41) is 0. The van der Waals surface area contributed by atoms with E-state index in [9.17, 15) is 0 Å². The average Bonchev–Trinajstić information content (AvgIpc) is 2.89. The Hall–Kier alpha value is -4.11. The van der Waals surface area contributed by atoms with Gasteiger partial charge in [0.1, 0.15) is 5.82 Å². The van der Waals surface area contributed by atoms with Crippen molar-refractivity contribution in [3.8, 4) is 45.0 Å². The molecule has 0 radical (unpaired) electrons. The molecular weight excluding hydrogens is 402 g/mol. The minimum atomic E-state index is 0.169. The zero-order valence-electron chi connectivity index (χ0n) is 19.7. The van der Waals surface area contributed by atoms with E-state index < -0.39 is 0 Å². The summed E-state index contributed by atoms with van der Waals surface area (Å²) in [7, 11) is 0. The van der Waals surface area contributed by atoms with Crippen molar-refractivity contribution >= 4 is 0 Å². The molecule has 0 N–H and O–H groups in total. The molecule has 33 heavy (non-hydrogen) atoms. The Morgan fingerprint density at radius 1 is 0.485 bits per heavy atom. The zero-order chi connectivity index (χ0) is 23.5. The van der Waals surface area contributed by atoms with Crippen molar-refractivity contribution in [2.45, 2.75) is 19.8 Å². The van der Waals surface area contributed by atoms with Crippen LogP contribution in [0.5, 0.6) is 0 Å². The molecule has 5 aromatic rings. The lowest BCUT2D eigenvalue weighted by molar-refractivity contribution is 0.766. The van der Waals surface area contributed by atoms with Gasteiger partial charge < -0.3 is 0 Å². The number of nitrogens with zero attached hydrogens (tertiary/aromatic N) is 3. The molecule has 0 aliphatic heterocycles. The number of hydrogen-bond acceptors (Lipinski definition) is 3. The van der Waals surface area contributed by atoms with Gasteiger partial charge in [0.15, 0.2) is 11.6 Å². The van der Waals surface area contributed by atoms with Crippen molar-refractivity contribution in [3.63, 3.8) is 0 Å². The van der Waals surface area contributed by atoms with Gasteiger partial charge in [0.05, 0.1) is 1.37 Å². The van der Waals surface area contributed by atoms with Crippen molar-refractivity contribution < 1.29 is 1.37 Å². The van der Waals surface area contributed by atoms with Crippen LogP contribution in [-0.4, -0.2) is 15.0 Å². The maximum Gasteiger partial charge on any atom is 0.163 e. The third-order valence-electron chi connectivity index (χ3n) is 5.60. The average molecular weight is 429 g/mol. The molecule has 0 aliphatic rings. The molecule has 0 spiro atoms. The molecule has 0 bridgehead atoms. The third kappa shape index (κ3) is 4.58. The molecule has 0 saturated carbocycles. The van der Waals surface area contributed by atoms with Crippen LogP contribution in [0, 0.1) is 0 Å². The van der Waals surface area contributed by atoms with Gasteiger partial charge in [0, 0.05) is 17.0 Å². The maximum absolute atomic E-state index is 7.94. The van der Waals surface area contributed by atoms with E-state index in [4.69, 9.17) is 11.3 Å². The van der Waals surface area contributed by atoms with E-state index in [0.717, 1.165) is 28.1 Å². The molecular formula is C30H25N3. The first-order valence-electron chi connectivity index (χ1n) is 11.7. The van der Waals surface area contributed by atoms with Gasteiger partial charge in [-0.15, -0.1) is 0 Å². The van der Waals surface area contributed by atoms with E-state index >= 15 is 0 Å². The molecule has 0 unspecified atom stereocenters. The first-order valence-corrected chi connectivity index (χ1v) is 11.2. The topological polar surface area (TPSA) is 38.7 Å². The van der Waals surface area contributed by atoms with Crippen molar-refractivity contribution in [1.82, 2.24) is 15.0 Å². The normalized spacial score (nSPS) is 11.4. The van der Waals surface area contributed by atoms with Crippen LogP contribution in [0.1, 0.15) is 27.0 Å².